The average Bonchev–Trinajstić information content (AvgIpc) is 3.13. The van der Waals surface area contributed by atoms with Gasteiger partial charge >= 0.3 is 0 Å². The van der Waals surface area contributed by atoms with Crippen LogP contribution in [-0.2, 0) is 13.0 Å². The molecule has 0 aliphatic heterocycles. The standard InChI is InChI=1S/C22H26N4S.HI/c1-17-21(27-16-26-17)15-25-22(23-2)24-14-20(19-11-7-4-8-12-19)13-18-9-5-3-6-10-18;/h3-12,16,20H,13-15H2,1-2H3,(H2,23,24,25);1H. The normalized spacial score (nSPS) is 12.1. The minimum atomic E-state index is 0. The largest absolute Gasteiger partial charge is 0.356 e. The summed E-state index contributed by atoms with van der Waals surface area (Å²) in [6, 6.07) is 21.3. The zero-order valence-corrected chi connectivity index (χ0v) is 19.4. The molecule has 3 rings (SSSR count). The van der Waals surface area contributed by atoms with E-state index in [-0.39, 0.29) is 24.0 Å². The van der Waals surface area contributed by atoms with Crippen LogP contribution in [-0.4, -0.2) is 24.5 Å². The molecule has 0 fully saturated rings. The van der Waals surface area contributed by atoms with E-state index in [4.69, 9.17) is 0 Å². The van der Waals surface area contributed by atoms with Gasteiger partial charge in [0.1, 0.15) is 0 Å². The topological polar surface area (TPSA) is 49.3 Å². The highest BCUT2D eigenvalue weighted by Gasteiger charge is 2.13. The Balaban J connectivity index is 0.00000280. The van der Waals surface area contributed by atoms with Crippen LogP contribution in [0.25, 0.3) is 0 Å². The summed E-state index contributed by atoms with van der Waals surface area (Å²) in [5.41, 5.74) is 5.64. The van der Waals surface area contributed by atoms with Gasteiger partial charge in [0.2, 0.25) is 0 Å². The summed E-state index contributed by atoms with van der Waals surface area (Å²) in [5.74, 6) is 1.19. The number of halogens is 1. The van der Waals surface area contributed by atoms with Crippen molar-refractivity contribution in [3.05, 3.63) is 87.9 Å². The first-order valence-corrected chi connectivity index (χ1v) is 10.1. The Morgan fingerprint density at radius 2 is 1.71 bits per heavy atom. The number of aliphatic imine (C=N–C) groups is 1. The summed E-state index contributed by atoms with van der Waals surface area (Å²) in [6.45, 7) is 3.60. The number of nitrogens with zero attached hydrogens (tertiary/aromatic N) is 2. The summed E-state index contributed by atoms with van der Waals surface area (Å²) in [7, 11) is 1.81. The molecular formula is C22H27IN4S. The highest BCUT2D eigenvalue weighted by molar-refractivity contribution is 14.0. The van der Waals surface area contributed by atoms with Crippen molar-refractivity contribution in [1.82, 2.24) is 15.6 Å². The Hall–Kier alpha value is -1.93. The zero-order valence-electron chi connectivity index (χ0n) is 16.3. The van der Waals surface area contributed by atoms with Gasteiger partial charge in [0.05, 0.1) is 17.7 Å². The van der Waals surface area contributed by atoms with E-state index in [0.29, 0.717) is 5.92 Å². The first-order valence-electron chi connectivity index (χ1n) is 9.18. The molecule has 2 N–H and O–H groups in total. The van der Waals surface area contributed by atoms with Gasteiger partial charge in [-0.1, -0.05) is 60.7 Å². The van der Waals surface area contributed by atoms with E-state index in [1.807, 2.05) is 19.5 Å². The first-order chi connectivity index (χ1) is 13.3. The second-order valence-electron chi connectivity index (χ2n) is 6.46. The van der Waals surface area contributed by atoms with Gasteiger partial charge < -0.3 is 10.6 Å². The van der Waals surface area contributed by atoms with E-state index in [0.717, 1.165) is 31.2 Å². The minimum absolute atomic E-state index is 0. The molecule has 0 bridgehead atoms. The average molecular weight is 506 g/mol. The monoisotopic (exact) mass is 506 g/mol. The summed E-state index contributed by atoms with van der Waals surface area (Å²) in [6.07, 6.45) is 0.989. The third-order valence-electron chi connectivity index (χ3n) is 4.60. The quantitative estimate of drug-likeness (QED) is 0.276. The number of aromatic nitrogens is 1. The van der Waals surface area contributed by atoms with Gasteiger partial charge in [-0.25, -0.2) is 4.98 Å². The van der Waals surface area contributed by atoms with Crippen molar-refractivity contribution in [2.75, 3.05) is 13.6 Å². The van der Waals surface area contributed by atoms with Gasteiger partial charge in [-0.2, -0.15) is 0 Å². The molecule has 0 saturated heterocycles. The van der Waals surface area contributed by atoms with Gasteiger partial charge in [0.15, 0.2) is 5.96 Å². The van der Waals surface area contributed by atoms with Crippen molar-refractivity contribution in [3.63, 3.8) is 0 Å². The van der Waals surface area contributed by atoms with Crippen LogP contribution in [0, 0.1) is 6.92 Å². The minimum Gasteiger partial charge on any atom is -0.356 e. The lowest BCUT2D eigenvalue weighted by atomic mass is 9.92. The van der Waals surface area contributed by atoms with E-state index in [1.165, 1.54) is 16.0 Å². The van der Waals surface area contributed by atoms with Crippen molar-refractivity contribution in [3.8, 4) is 0 Å². The van der Waals surface area contributed by atoms with E-state index in [9.17, 15) is 0 Å². The van der Waals surface area contributed by atoms with Crippen LogP contribution in [0.15, 0.2) is 71.2 Å². The molecule has 4 nitrogen and oxygen atoms in total. The number of nitrogens with one attached hydrogen (secondary N) is 2. The number of rotatable bonds is 7. The molecule has 0 amide bonds. The predicted octanol–water partition coefficient (Wildman–Crippen LogP) is 4.76. The van der Waals surface area contributed by atoms with Crippen LogP contribution in [0.5, 0.6) is 0 Å². The van der Waals surface area contributed by atoms with Gasteiger partial charge in [-0.3, -0.25) is 4.99 Å². The number of aryl methyl sites for hydroxylation is 1. The lowest BCUT2D eigenvalue weighted by molar-refractivity contribution is 0.645. The van der Waals surface area contributed by atoms with E-state index < -0.39 is 0 Å². The molecule has 0 aliphatic rings. The molecule has 3 aromatic rings. The Labute approximate surface area is 188 Å². The van der Waals surface area contributed by atoms with Crippen LogP contribution in [0.2, 0.25) is 0 Å². The molecule has 0 radical (unpaired) electrons. The van der Waals surface area contributed by atoms with Crippen LogP contribution >= 0.6 is 35.3 Å². The van der Waals surface area contributed by atoms with Gasteiger partial charge in [0.25, 0.3) is 0 Å². The maximum Gasteiger partial charge on any atom is 0.191 e. The summed E-state index contributed by atoms with van der Waals surface area (Å²) >= 11 is 1.67. The van der Waals surface area contributed by atoms with Crippen LogP contribution < -0.4 is 10.6 Å². The number of hydrogen-bond donors (Lipinski definition) is 2. The molecule has 2 aromatic carbocycles. The molecule has 1 atom stereocenters. The van der Waals surface area contributed by atoms with E-state index in [1.54, 1.807) is 11.3 Å². The summed E-state index contributed by atoms with van der Waals surface area (Å²) in [4.78, 5) is 9.91. The van der Waals surface area contributed by atoms with Crippen molar-refractivity contribution >= 4 is 41.3 Å². The van der Waals surface area contributed by atoms with Crippen molar-refractivity contribution in [1.29, 1.82) is 0 Å². The maximum absolute atomic E-state index is 4.37. The molecular weight excluding hydrogens is 479 g/mol. The van der Waals surface area contributed by atoms with Gasteiger partial charge in [0, 0.05) is 24.4 Å². The number of hydrogen-bond acceptors (Lipinski definition) is 3. The maximum atomic E-state index is 4.37. The lowest BCUT2D eigenvalue weighted by Crippen LogP contribution is -2.39. The fourth-order valence-corrected chi connectivity index (χ4v) is 3.75. The second kappa shape index (κ2) is 11.8. The van der Waals surface area contributed by atoms with E-state index in [2.05, 4.69) is 81.3 Å². The van der Waals surface area contributed by atoms with Crippen molar-refractivity contribution in [2.24, 2.45) is 4.99 Å². The highest BCUT2D eigenvalue weighted by atomic mass is 127. The molecule has 28 heavy (non-hydrogen) atoms. The van der Waals surface area contributed by atoms with Crippen LogP contribution in [0.4, 0.5) is 0 Å². The van der Waals surface area contributed by atoms with Gasteiger partial charge in [-0.05, 0) is 24.5 Å². The van der Waals surface area contributed by atoms with Crippen LogP contribution in [0.1, 0.15) is 27.6 Å². The highest BCUT2D eigenvalue weighted by Crippen LogP contribution is 2.20. The third kappa shape index (κ3) is 6.60. The molecule has 1 aromatic heterocycles. The molecule has 1 unspecified atom stereocenters. The first kappa shape index (κ1) is 22.4. The van der Waals surface area contributed by atoms with Crippen LogP contribution in [0.3, 0.4) is 0 Å². The Morgan fingerprint density at radius 3 is 2.32 bits per heavy atom. The Kier molecular flexibility index (Phi) is 9.43. The molecule has 148 valence electrons. The zero-order chi connectivity index (χ0) is 18.9. The fraction of sp³-hybridized carbons (Fsp3) is 0.273. The van der Waals surface area contributed by atoms with Crippen molar-refractivity contribution < 1.29 is 0 Å². The molecule has 0 spiro atoms. The molecule has 1 heterocycles. The number of benzene rings is 2. The number of thiazole rings is 1. The Bertz CT molecular complexity index is 849. The smallest absolute Gasteiger partial charge is 0.191 e. The SMILES string of the molecule is CN=C(NCc1scnc1C)NCC(Cc1ccccc1)c1ccccc1.I. The molecule has 0 saturated carbocycles. The molecule has 6 heteroatoms. The van der Waals surface area contributed by atoms with E-state index >= 15 is 0 Å². The summed E-state index contributed by atoms with van der Waals surface area (Å²) < 4.78 is 0. The molecule has 0 aliphatic carbocycles. The Morgan fingerprint density at radius 1 is 1.04 bits per heavy atom. The summed E-state index contributed by atoms with van der Waals surface area (Å²) in [5, 5.41) is 6.89. The number of guanidine groups is 1. The van der Waals surface area contributed by atoms with Gasteiger partial charge in [-0.15, -0.1) is 35.3 Å². The fourth-order valence-electron chi connectivity index (χ4n) is 3.03. The second-order valence-corrected chi connectivity index (χ2v) is 7.40. The third-order valence-corrected chi connectivity index (χ3v) is 5.53. The predicted molar refractivity (Wildman–Crippen MR) is 130 cm³/mol. The lowest BCUT2D eigenvalue weighted by Gasteiger charge is -2.20. The van der Waals surface area contributed by atoms with Crippen molar-refractivity contribution in [2.45, 2.75) is 25.8 Å².